The lowest BCUT2D eigenvalue weighted by molar-refractivity contribution is 0.170. The molecule has 0 radical (unpaired) electrons. The number of hydrogen-bond donors (Lipinski definition) is 2. The lowest BCUT2D eigenvalue weighted by Gasteiger charge is -2.45. The van der Waals surface area contributed by atoms with Crippen LogP contribution < -0.4 is 16.4 Å². The summed E-state index contributed by atoms with van der Waals surface area (Å²) in [6.45, 7) is 6.76. The van der Waals surface area contributed by atoms with E-state index in [9.17, 15) is 0 Å². The lowest BCUT2D eigenvalue weighted by atomic mass is 10.1. The van der Waals surface area contributed by atoms with Crippen molar-refractivity contribution in [2.45, 2.75) is 19.4 Å². The molecule has 0 aliphatic carbocycles. The number of pyridine rings is 1. The molecule has 1 aliphatic heterocycles. The van der Waals surface area contributed by atoms with Crippen LogP contribution in [0, 0.1) is 0 Å². The first-order valence-electron chi connectivity index (χ1n) is 10.6. The first-order valence-corrected chi connectivity index (χ1v) is 10.6. The SMILES string of the molecule is CCCN(CCN)C1CN(c2cnc3ccc(-c4ccc5oc(N)nc5c4)nc3n2)C1. The zero-order chi connectivity index (χ0) is 21.4. The summed E-state index contributed by atoms with van der Waals surface area (Å²) in [6, 6.07) is 10.3. The van der Waals surface area contributed by atoms with Crippen LogP contribution in [0.3, 0.4) is 0 Å². The largest absolute Gasteiger partial charge is 0.424 e. The Hall–Kier alpha value is -3.30. The number of nitrogens with zero attached hydrogens (tertiary/aromatic N) is 6. The van der Waals surface area contributed by atoms with E-state index in [1.807, 2.05) is 36.5 Å². The zero-order valence-corrected chi connectivity index (χ0v) is 17.5. The Morgan fingerprint density at radius 3 is 2.77 bits per heavy atom. The minimum absolute atomic E-state index is 0.158. The number of hydrogen-bond acceptors (Lipinski definition) is 9. The summed E-state index contributed by atoms with van der Waals surface area (Å²) in [6.07, 6.45) is 2.96. The molecular weight excluding hydrogens is 392 g/mol. The molecule has 0 unspecified atom stereocenters. The Morgan fingerprint density at radius 1 is 1.10 bits per heavy atom. The molecule has 3 aromatic heterocycles. The molecule has 4 N–H and O–H groups in total. The fourth-order valence-electron chi connectivity index (χ4n) is 4.11. The van der Waals surface area contributed by atoms with Gasteiger partial charge in [-0.25, -0.2) is 15.0 Å². The minimum atomic E-state index is 0.158. The number of rotatable bonds is 7. The van der Waals surface area contributed by atoms with Crippen molar-refractivity contribution in [2.24, 2.45) is 5.73 Å². The predicted molar refractivity (Wildman–Crippen MR) is 122 cm³/mol. The summed E-state index contributed by atoms with van der Waals surface area (Å²) < 4.78 is 5.35. The quantitative estimate of drug-likeness (QED) is 0.465. The third kappa shape index (κ3) is 3.77. The standard InChI is InChI=1S/C22H26N8O/c1-2-8-29(9-7-23)15-12-30(13-15)20-11-25-17-5-4-16(26-21(17)28-20)14-3-6-19-18(10-14)27-22(24)31-19/h3-6,10-11,15H,2,7-9,12-13,23H2,1H3,(H2,24,27). The van der Waals surface area contributed by atoms with E-state index in [1.165, 1.54) is 0 Å². The molecule has 9 nitrogen and oxygen atoms in total. The van der Waals surface area contributed by atoms with Crippen LogP contribution in [0.25, 0.3) is 33.5 Å². The van der Waals surface area contributed by atoms with Gasteiger partial charge in [0.15, 0.2) is 11.2 Å². The van der Waals surface area contributed by atoms with Crippen molar-refractivity contribution in [2.75, 3.05) is 43.4 Å². The molecule has 0 saturated carbocycles. The number of benzene rings is 1. The van der Waals surface area contributed by atoms with Crippen molar-refractivity contribution in [3.05, 3.63) is 36.5 Å². The molecule has 0 bridgehead atoms. The Morgan fingerprint density at radius 2 is 1.97 bits per heavy atom. The second-order valence-corrected chi connectivity index (χ2v) is 7.89. The van der Waals surface area contributed by atoms with Crippen molar-refractivity contribution in [1.29, 1.82) is 0 Å². The van der Waals surface area contributed by atoms with Crippen LogP contribution in [0.15, 0.2) is 40.9 Å². The fraction of sp³-hybridized carbons (Fsp3) is 0.364. The number of fused-ring (bicyclic) bond motifs is 2. The Balaban J connectivity index is 1.38. The van der Waals surface area contributed by atoms with Gasteiger partial charge in [-0.05, 0) is 43.3 Å². The topological polar surface area (TPSA) is 123 Å². The average Bonchev–Trinajstić information content (AvgIpc) is 3.11. The summed E-state index contributed by atoms with van der Waals surface area (Å²) in [5.41, 5.74) is 15.9. The number of oxazole rings is 1. The van der Waals surface area contributed by atoms with Crippen LogP contribution >= 0.6 is 0 Å². The van der Waals surface area contributed by atoms with E-state index in [0.717, 1.165) is 55.2 Å². The van der Waals surface area contributed by atoms with Gasteiger partial charge in [0.2, 0.25) is 0 Å². The van der Waals surface area contributed by atoms with Crippen molar-refractivity contribution in [3.8, 4) is 11.3 Å². The third-order valence-corrected chi connectivity index (χ3v) is 5.72. The Bertz CT molecular complexity index is 1210. The lowest BCUT2D eigenvalue weighted by Crippen LogP contribution is -2.60. The molecule has 4 aromatic rings. The number of anilines is 2. The van der Waals surface area contributed by atoms with E-state index in [2.05, 4.69) is 26.7 Å². The fourth-order valence-corrected chi connectivity index (χ4v) is 4.11. The van der Waals surface area contributed by atoms with Gasteiger partial charge in [-0.1, -0.05) is 6.92 Å². The smallest absolute Gasteiger partial charge is 0.292 e. The molecule has 0 atom stereocenters. The molecule has 1 aromatic carbocycles. The first-order chi connectivity index (χ1) is 15.1. The number of nitrogen functional groups attached to an aromatic ring is 1. The molecule has 0 spiro atoms. The maximum absolute atomic E-state index is 5.78. The Labute approximate surface area is 180 Å². The van der Waals surface area contributed by atoms with E-state index in [4.69, 9.17) is 25.9 Å². The second-order valence-electron chi connectivity index (χ2n) is 7.89. The molecular formula is C22H26N8O. The minimum Gasteiger partial charge on any atom is -0.424 e. The van der Waals surface area contributed by atoms with Crippen LogP contribution in [0.2, 0.25) is 0 Å². The van der Waals surface area contributed by atoms with Crippen LogP contribution in [0.1, 0.15) is 13.3 Å². The third-order valence-electron chi connectivity index (χ3n) is 5.72. The molecule has 31 heavy (non-hydrogen) atoms. The highest BCUT2D eigenvalue weighted by Gasteiger charge is 2.32. The highest BCUT2D eigenvalue weighted by atomic mass is 16.4. The first kappa shape index (κ1) is 19.7. The van der Waals surface area contributed by atoms with Gasteiger partial charge in [0.25, 0.3) is 6.01 Å². The summed E-state index contributed by atoms with van der Waals surface area (Å²) >= 11 is 0. The van der Waals surface area contributed by atoms with Crippen LogP contribution in [-0.2, 0) is 0 Å². The van der Waals surface area contributed by atoms with Gasteiger partial charge in [0.1, 0.15) is 16.9 Å². The van der Waals surface area contributed by atoms with E-state index in [1.54, 1.807) is 0 Å². The summed E-state index contributed by atoms with van der Waals surface area (Å²) in [7, 11) is 0. The number of nitrogens with two attached hydrogens (primary N) is 2. The van der Waals surface area contributed by atoms with Crippen molar-refractivity contribution >= 4 is 34.1 Å². The van der Waals surface area contributed by atoms with Gasteiger partial charge < -0.3 is 20.8 Å². The normalized spacial score (nSPS) is 14.6. The Kier molecular flexibility index (Phi) is 5.13. The zero-order valence-electron chi connectivity index (χ0n) is 17.5. The summed E-state index contributed by atoms with van der Waals surface area (Å²) in [5.74, 6) is 0.859. The number of aromatic nitrogens is 4. The van der Waals surface area contributed by atoms with Crippen molar-refractivity contribution in [1.82, 2.24) is 24.8 Å². The van der Waals surface area contributed by atoms with E-state index >= 15 is 0 Å². The summed E-state index contributed by atoms with van der Waals surface area (Å²) in [5, 5.41) is 0. The highest BCUT2D eigenvalue weighted by Crippen LogP contribution is 2.27. The molecule has 160 valence electrons. The van der Waals surface area contributed by atoms with Crippen molar-refractivity contribution in [3.63, 3.8) is 0 Å². The maximum atomic E-state index is 5.78. The predicted octanol–water partition coefficient (Wildman–Crippen LogP) is 2.27. The van der Waals surface area contributed by atoms with E-state index in [0.29, 0.717) is 29.3 Å². The van der Waals surface area contributed by atoms with Crippen molar-refractivity contribution < 1.29 is 4.42 Å². The van der Waals surface area contributed by atoms with Crippen LogP contribution in [-0.4, -0.2) is 63.6 Å². The second kappa shape index (κ2) is 8.09. The van der Waals surface area contributed by atoms with Gasteiger partial charge in [0, 0.05) is 37.8 Å². The molecule has 4 heterocycles. The van der Waals surface area contributed by atoms with Crippen LogP contribution in [0.5, 0.6) is 0 Å². The van der Waals surface area contributed by atoms with Gasteiger partial charge in [0.05, 0.1) is 11.9 Å². The van der Waals surface area contributed by atoms with Gasteiger partial charge >= 0.3 is 0 Å². The van der Waals surface area contributed by atoms with Crippen LogP contribution in [0.4, 0.5) is 11.8 Å². The van der Waals surface area contributed by atoms with E-state index in [-0.39, 0.29) is 6.01 Å². The highest BCUT2D eigenvalue weighted by molar-refractivity contribution is 5.82. The van der Waals surface area contributed by atoms with E-state index < -0.39 is 0 Å². The van der Waals surface area contributed by atoms with Gasteiger partial charge in [-0.2, -0.15) is 4.98 Å². The van der Waals surface area contributed by atoms with Gasteiger partial charge in [-0.15, -0.1) is 0 Å². The molecule has 9 heteroatoms. The molecule has 0 amide bonds. The molecule has 1 aliphatic rings. The average molecular weight is 419 g/mol. The molecule has 1 fully saturated rings. The monoisotopic (exact) mass is 418 g/mol. The molecule has 5 rings (SSSR count). The summed E-state index contributed by atoms with van der Waals surface area (Å²) in [4.78, 5) is 23.0. The molecule has 1 saturated heterocycles. The maximum Gasteiger partial charge on any atom is 0.292 e. The van der Waals surface area contributed by atoms with Gasteiger partial charge in [-0.3, -0.25) is 4.90 Å².